The Bertz CT molecular complexity index is 872. The van der Waals surface area contributed by atoms with E-state index in [2.05, 4.69) is 17.1 Å². The van der Waals surface area contributed by atoms with E-state index in [1.54, 1.807) is 25.3 Å². The number of hydrogen-bond donors (Lipinski definition) is 0. The van der Waals surface area contributed by atoms with Crippen molar-refractivity contribution < 1.29 is 18.8 Å². The highest BCUT2D eigenvalue weighted by Gasteiger charge is 2.13. The van der Waals surface area contributed by atoms with Gasteiger partial charge < -0.3 is 14.0 Å². The summed E-state index contributed by atoms with van der Waals surface area (Å²) in [6, 6.07) is 15.0. The van der Waals surface area contributed by atoms with Crippen molar-refractivity contribution in [2.75, 3.05) is 7.11 Å². The average Bonchev–Trinajstić information content (AvgIpc) is 3.16. The van der Waals surface area contributed by atoms with Crippen LogP contribution < -0.4 is 0 Å². The first-order chi connectivity index (χ1) is 12.7. The van der Waals surface area contributed by atoms with Crippen molar-refractivity contribution >= 4 is 5.97 Å². The van der Waals surface area contributed by atoms with Gasteiger partial charge in [-0.15, -0.1) is 0 Å². The van der Waals surface area contributed by atoms with Crippen LogP contribution in [0.5, 0.6) is 0 Å². The number of carbonyl (C=O) groups is 1. The molecule has 0 spiro atoms. The van der Waals surface area contributed by atoms with Crippen molar-refractivity contribution in [2.45, 2.75) is 26.6 Å². The third-order valence-corrected chi connectivity index (χ3v) is 3.89. The summed E-state index contributed by atoms with van der Waals surface area (Å²) in [4.78, 5) is 16.4. The van der Waals surface area contributed by atoms with Crippen LogP contribution in [-0.4, -0.2) is 23.2 Å². The number of aryl methyl sites for hydroxylation is 1. The molecule has 0 aliphatic rings. The molecule has 3 aromatic rings. The van der Waals surface area contributed by atoms with Crippen molar-refractivity contribution in [3.05, 3.63) is 71.1 Å². The topological polar surface area (TPSA) is 74.5 Å². The minimum absolute atomic E-state index is 0.0760. The maximum Gasteiger partial charge on any atom is 0.338 e. The molecular weight excluding hydrogens is 332 g/mol. The van der Waals surface area contributed by atoms with Crippen molar-refractivity contribution in [3.8, 4) is 11.4 Å². The number of ether oxygens (including phenoxy) is 2. The summed E-state index contributed by atoms with van der Waals surface area (Å²) in [5.74, 6) is 0.275. The molecule has 0 saturated carbocycles. The highest BCUT2D eigenvalue weighted by atomic mass is 16.6. The van der Waals surface area contributed by atoms with Crippen LogP contribution in [0.3, 0.4) is 0 Å². The number of benzene rings is 2. The monoisotopic (exact) mass is 352 g/mol. The molecule has 0 unspecified atom stereocenters. The van der Waals surface area contributed by atoms with E-state index in [1.165, 1.54) is 5.56 Å². The first-order valence-electron chi connectivity index (χ1n) is 8.36. The molecule has 6 nitrogen and oxygen atoms in total. The lowest BCUT2D eigenvalue weighted by Crippen LogP contribution is -2.06. The maximum absolute atomic E-state index is 12.2. The van der Waals surface area contributed by atoms with Gasteiger partial charge in [0.25, 0.3) is 5.89 Å². The maximum atomic E-state index is 12.2. The molecular formula is C20H20N2O4. The highest BCUT2D eigenvalue weighted by Crippen LogP contribution is 2.17. The predicted octanol–water partition coefficient (Wildman–Crippen LogP) is 3.80. The van der Waals surface area contributed by atoms with Crippen LogP contribution >= 0.6 is 0 Å². The highest BCUT2D eigenvalue weighted by molar-refractivity contribution is 5.89. The van der Waals surface area contributed by atoms with Crippen molar-refractivity contribution in [1.82, 2.24) is 10.1 Å². The van der Waals surface area contributed by atoms with Gasteiger partial charge in [0, 0.05) is 12.7 Å². The van der Waals surface area contributed by atoms with Crippen LogP contribution in [0, 0.1) is 0 Å². The molecule has 1 aromatic heterocycles. The zero-order chi connectivity index (χ0) is 18.4. The van der Waals surface area contributed by atoms with Crippen LogP contribution in [0.15, 0.2) is 53.1 Å². The quantitative estimate of drug-likeness (QED) is 0.602. The Hall–Kier alpha value is -2.99. The lowest BCUT2D eigenvalue weighted by Gasteiger charge is -2.04. The lowest BCUT2D eigenvalue weighted by molar-refractivity contribution is 0.0429. The largest absolute Gasteiger partial charge is 0.452 e. The zero-order valence-corrected chi connectivity index (χ0v) is 14.8. The first-order valence-corrected chi connectivity index (χ1v) is 8.36. The molecule has 0 aliphatic carbocycles. The molecule has 6 heteroatoms. The van der Waals surface area contributed by atoms with Crippen molar-refractivity contribution in [3.63, 3.8) is 0 Å². The van der Waals surface area contributed by atoms with E-state index >= 15 is 0 Å². The van der Waals surface area contributed by atoms with Crippen LogP contribution in [0.4, 0.5) is 0 Å². The molecule has 0 aliphatic heterocycles. The number of hydrogen-bond acceptors (Lipinski definition) is 6. The Balaban J connectivity index is 1.62. The van der Waals surface area contributed by atoms with Gasteiger partial charge in [0.15, 0.2) is 6.61 Å². The minimum atomic E-state index is -0.449. The van der Waals surface area contributed by atoms with E-state index in [4.69, 9.17) is 14.0 Å². The Morgan fingerprint density at radius 3 is 2.62 bits per heavy atom. The Morgan fingerprint density at radius 2 is 1.88 bits per heavy atom. The Morgan fingerprint density at radius 1 is 1.08 bits per heavy atom. The second kappa shape index (κ2) is 8.40. The number of carbonyl (C=O) groups excluding carboxylic acids is 1. The summed E-state index contributed by atoms with van der Waals surface area (Å²) in [6.07, 6.45) is 0.972. The summed E-state index contributed by atoms with van der Waals surface area (Å²) >= 11 is 0. The molecule has 3 rings (SSSR count). The summed E-state index contributed by atoms with van der Waals surface area (Å²) < 4.78 is 15.5. The molecule has 134 valence electrons. The fourth-order valence-corrected chi connectivity index (χ4v) is 2.49. The van der Waals surface area contributed by atoms with Gasteiger partial charge in [0.2, 0.25) is 5.82 Å². The predicted molar refractivity (Wildman–Crippen MR) is 95.4 cm³/mol. The molecule has 1 heterocycles. The fourth-order valence-electron chi connectivity index (χ4n) is 2.49. The number of aromatic nitrogens is 2. The minimum Gasteiger partial charge on any atom is -0.452 e. The normalized spacial score (nSPS) is 10.7. The SMILES string of the molecule is CCc1ccc(-c2noc(COC(=O)c3cccc(COC)c3)n2)cc1. The molecule has 26 heavy (non-hydrogen) atoms. The van der Waals surface area contributed by atoms with E-state index in [9.17, 15) is 4.79 Å². The molecule has 0 fully saturated rings. The van der Waals surface area contributed by atoms with Gasteiger partial charge >= 0.3 is 5.97 Å². The van der Waals surface area contributed by atoms with Gasteiger partial charge in [0.1, 0.15) is 0 Å². The molecule has 0 N–H and O–H groups in total. The van der Waals surface area contributed by atoms with Gasteiger partial charge in [-0.2, -0.15) is 4.98 Å². The Labute approximate surface area is 151 Å². The molecule has 0 amide bonds. The number of esters is 1. The van der Waals surface area contributed by atoms with E-state index in [-0.39, 0.29) is 12.5 Å². The molecule has 2 aromatic carbocycles. The van der Waals surface area contributed by atoms with Crippen LogP contribution in [0.2, 0.25) is 0 Å². The first kappa shape index (κ1) is 17.8. The van der Waals surface area contributed by atoms with Gasteiger partial charge in [-0.25, -0.2) is 4.79 Å². The fraction of sp³-hybridized carbons (Fsp3) is 0.250. The van der Waals surface area contributed by atoms with E-state index in [0.29, 0.717) is 18.0 Å². The second-order valence-electron chi connectivity index (χ2n) is 5.77. The standard InChI is InChI=1S/C20H20N2O4/c1-3-14-7-9-16(10-8-14)19-21-18(26-22-19)13-25-20(23)17-6-4-5-15(11-17)12-24-2/h4-11H,3,12-13H2,1-2H3. The van der Waals surface area contributed by atoms with Crippen LogP contribution in [0.25, 0.3) is 11.4 Å². The third-order valence-electron chi connectivity index (χ3n) is 3.89. The van der Waals surface area contributed by atoms with Crippen LogP contribution in [-0.2, 0) is 29.1 Å². The molecule has 0 bridgehead atoms. The third kappa shape index (κ3) is 4.34. The second-order valence-corrected chi connectivity index (χ2v) is 5.77. The van der Waals surface area contributed by atoms with Gasteiger partial charge in [0.05, 0.1) is 12.2 Å². The number of rotatable bonds is 7. The van der Waals surface area contributed by atoms with E-state index < -0.39 is 5.97 Å². The van der Waals surface area contributed by atoms with Crippen LogP contribution in [0.1, 0.15) is 34.3 Å². The smallest absolute Gasteiger partial charge is 0.338 e. The lowest BCUT2D eigenvalue weighted by atomic mass is 10.1. The average molecular weight is 352 g/mol. The summed E-state index contributed by atoms with van der Waals surface area (Å²) in [7, 11) is 1.61. The molecule has 0 saturated heterocycles. The van der Waals surface area contributed by atoms with Gasteiger partial charge in [-0.05, 0) is 29.7 Å². The molecule has 0 atom stereocenters. The van der Waals surface area contributed by atoms with Gasteiger partial charge in [-0.3, -0.25) is 0 Å². The molecule has 0 radical (unpaired) electrons. The Kier molecular flexibility index (Phi) is 5.76. The summed E-state index contributed by atoms with van der Waals surface area (Å²) in [6.45, 7) is 2.46. The van der Waals surface area contributed by atoms with Crippen molar-refractivity contribution in [2.24, 2.45) is 0 Å². The van der Waals surface area contributed by atoms with E-state index in [1.807, 2.05) is 30.3 Å². The number of nitrogens with zero attached hydrogens (tertiary/aromatic N) is 2. The van der Waals surface area contributed by atoms with Gasteiger partial charge in [-0.1, -0.05) is 48.5 Å². The number of methoxy groups -OCH3 is 1. The van der Waals surface area contributed by atoms with Crippen molar-refractivity contribution in [1.29, 1.82) is 0 Å². The summed E-state index contributed by atoms with van der Waals surface area (Å²) in [5.41, 5.74) is 3.45. The summed E-state index contributed by atoms with van der Waals surface area (Å²) in [5, 5.41) is 3.94. The van der Waals surface area contributed by atoms with E-state index in [0.717, 1.165) is 17.5 Å². The zero-order valence-electron chi connectivity index (χ0n) is 14.8.